The van der Waals surface area contributed by atoms with Crippen LogP contribution in [0.2, 0.25) is 0 Å². The van der Waals surface area contributed by atoms with Crippen LogP contribution in [0.4, 0.5) is 0 Å². The average Bonchev–Trinajstić information content (AvgIpc) is 2.38. The first-order chi connectivity index (χ1) is 10.3. The average molecular weight is 333 g/mol. The molecule has 0 heterocycles. The number of hydrogen-bond donors (Lipinski definition) is 0. The molecule has 0 aliphatic rings. The van der Waals surface area contributed by atoms with Gasteiger partial charge >= 0.3 is 0 Å². The highest BCUT2D eigenvalue weighted by Gasteiger charge is 2.41. The molecule has 23 heavy (non-hydrogen) atoms. The molecule has 5 heteroatoms. The van der Waals surface area contributed by atoms with Crippen LogP contribution in [0.1, 0.15) is 40.5 Å². The molecule has 4 unspecified atom stereocenters. The molecule has 0 amide bonds. The fraction of sp³-hybridized carbons (Fsp3) is 1.00. The van der Waals surface area contributed by atoms with Crippen molar-refractivity contribution in [1.82, 2.24) is 9.80 Å². The third-order valence-corrected chi connectivity index (χ3v) is 5.73. The van der Waals surface area contributed by atoms with Gasteiger partial charge in [-0.3, -0.25) is 23.5 Å². The van der Waals surface area contributed by atoms with Crippen LogP contribution in [0.3, 0.4) is 0 Å². The van der Waals surface area contributed by atoms with E-state index in [1.165, 1.54) is 0 Å². The van der Waals surface area contributed by atoms with Crippen molar-refractivity contribution < 1.29 is 13.7 Å². The second-order valence-electron chi connectivity index (χ2n) is 8.30. The van der Waals surface area contributed by atoms with Gasteiger partial charge in [0.25, 0.3) is 0 Å². The second-order valence-corrected chi connectivity index (χ2v) is 8.30. The summed E-state index contributed by atoms with van der Waals surface area (Å²) in [5.41, 5.74) is 0. The van der Waals surface area contributed by atoms with Crippen LogP contribution in [-0.2, 0) is 4.74 Å². The molecule has 0 saturated heterocycles. The summed E-state index contributed by atoms with van der Waals surface area (Å²) < 4.78 is 8.22. The maximum Gasteiger partial charge on any atom is 0.197 e. The molecule has 0 spiro atoms. The summed E-state index contributed by atoms with van der Waals surface area (Å²) in [4.78, 5) is 4.61. The molecule has 0 bridgehead atoms. The van der Waals surface area contributed by atoms with Crippen LogP contribution >= 0.6 is 0 Å². The van der Waals surface area contributed by atoms with E-state index < -0.39 is 0 Å². The largest absolute Gasteiger partial charge is 0.289 e. The predicted octanol–water partition coefficient (Wildman–Crippen LogP) is 2.44. The minimum atomic E-state index is 0.134. The van der Waals surface area contributed by atoms with Gasteiger partial charge in [0.1, 0.15) is 12.3 Å². The highest BCUT2D eigenvalue weighted by Crippen LogP contribution is 2.24. The van der Waals surface area contributed by atoms with Crippen molar-refractivity contribution in [2.45, 2.75) is 65.3 Å². The number of ether oxygens (including phenoxy) is 1. The van der Waals surface area contributed by atoms with Crippen LogP contribution in [0, 0.1) is 0 Å². The summed E-state index contributed by atoms with van der Waals surface area (Å²) in [5, 5.41) is 0. The quantitative estimate of drug-likeness (QED) is 0.451. The van der Waals surface area contributed by atoms with E-state index in [4.69, 9.17) is 4.74 Å². The third-order valence-electron chi connectivity index (χ3n) is 5.73. The fourth-order valence-corrected chi connectivity index (χ4v) is 3.95. The van der Waals surface area contributed by atoms with Gasteiger partial charge in [0.05, 0.1) is 28.2 Å². The first-order valence-electron chi connectivity index (χ1n) is 8.98. The van der Waals surface area contributed by atoms with Gasteiger partial charge in [0, 0.05) is 26.7 Å². The molecule has 0 aliphatic heterocycles. The van der Waals surface area contributed by atoms with Crippen LogP contribution in [0.5, 0.6) is 0 Å². The van der Waals surface area contributed by atoms with E-state index in [1.807, 2.05) is 0 Å². The Bertz CT molecular complexity index is 310. The molecule has 140 valence electrons. The molecule has 5 nitrogen and oxygen atoms in total. The number of hydrogen-bond acceptors (Lipinski definition) is 3. The second kappa shape index (κ2) is 8.77. The molecular formula is C18H44N4O+2. The van der Waals surface area contributed by atoms with Crippen molar-refractivity contribution in [3.05, 3.63) is 0 Å². The first-order valence-corrected chi connectivity index (χ1v) is 8.98. The molecule has 0 aromatic carbocycles. The Kier molecular flexibility index (Phi) is 8.69. The summed E-state index contributed by atoms with van der Waals surface area (Å²) in [6.07, 6.45) is 3.38. The van der Waals surface area contributed by atoms with E-state index in [0.29, 0.717) is 12.3 Å². The van der Waals surface area contributed by atoms with Gasteiger partial charge in [-0.1, -0.05) is 13.8 Å². The molecule has 0 N–H and O–H groups in total. The lowest BCUT2D eigenvalue weighted by Gasteiger charge is -2.48. The maximum absolute atomic E-state index is 6.54. The fourth-order valence-electron chi connectivity index (χ4n) is 3.95. The lowest BCUT2D eigenvalue weighted by atomic mass is 10.2. The molecule has 0 radical (unpaired) electrons. The van der Waals surface area contributed by atoms with Crippen molar-refractivity contribution in [2.75, 3.05) is 56.4 Å². The zero-order valence-electron chi connectivity index (χ0n) is 17.9. The summed E-state index contributed by atoms with van der Waals surface area (Å²) >= 11 is 0. The molecule has 4 atom stereocenters. The first kappa shape index (κ1) is 22.8. The maximum atomic E-state index is 6.54. The van der Waals surface area contributed by atoms with Crippen molar-refractivity contribution in [2.24, 2.45) is 0 Å². The summed E-state index contributed by atoms with van der Waals surface area (Å²) in [7, 11) is 17.7. The monoisotopic (exact) mass is 332 g/mol. The Balaban J connectivity index is 5.17. The summed E-state index contributed by atoms with van der Waals surface area (Å²) in [6, 6.07) is 0. The number of quaternary nitrogens is 2. The van der Waals surface area contributed by atoms with Crippen LogP contribution in [0.25, 0.3) is 0 Å². The lowest BCUT2D eigenvalue weighted by molar-refractivity contribution is -1.01. The Morgan fingerprint density at radius 1 is 0.696 bits per heavy atom. The molecule has 0 aliphatic carbocycles. The van der Waals surface area contributed by atoms with Crippen LogP contribution in [-0.4, -0.2) is 99.9 Å². The van der Waals surface area contributed by atoms with Gasteiger partial charge < -0.3 is 0 Å². The Morgan fingerprint density at radius 2 is 0.957 bits per heavy atom. The predicted molar refractivity (Wildman–Crippen MR) is 99.8 cm³/mol. The van der Waals surface area contributed by atoms with Gasteiger partial charge in [0.15, 0.2) is 12.5 Å². The lowest BCUT2D eigenvalue weighted by Crippen LogP contribution is -2.65. The minimum Gasteiger partial charge on any atom is -0.289 e. The number of nitrogens with zero attached hydrogens (tertiary/aromatic N) is 4. The third kappa shape index (κ3) is 5.40. The van der Waals surface area contributed by atoms with Crippen molar-refractivity contribution >= 4 is 0 Å². The van der Waals surface area contributed by atoms with Crippen molar-refractivity contribution in [3.8, 4) is 0 Å². The molecule has 0 saturated carbocycles. The van der Waals surface area contributed by atoms with Crippen molar-refractivity contribution in [3.63, 3.8) is 0 Å². The summed E-state index contributed by atoms with van der Waals surface area (Å²) in [5.74, 6) is 0. The number of rotatable bonds is 10. The van der Waals surface area contributed by atoms with E-state index in [-0.39, 0.29) is 12.5 Å². The summed E-state index contributed by atoms with van der Waals surface area (Å²) in [6.45, 7) is 8.92. The molecule has 0 aromatic rings. The van der Waals surface area contributed by atoms with E-state index in [9.17, 15) is 0 Å². The Hall–Kier alpha value is -0.200. The van der Waals surface area contributed by atoms with Gasteiger partial charge in [-0.25, -0.2) is 0 Å². The highest BCUT2D eigenvalue weighted by molar-refractivity contribution is 4.56. The topological polar surface area (TPSA) is 15.7 Å². The van der Waals surface area contributed by atoms with E-state index in [1.54, 1.807) is 0 Å². The molecule has 0 rings (SSSR count). The Morgan fingerprint density at radius 3 is 1.13 bits per heavy atom. The smallest absolute Gasteiger partial charge is 0.197 e. The van der Waals surface area contributed by atoms with E-state index >= 15 is 0 Å². The highest BCUT2D eigenvalue weighted by atomic mass is 16.5. The van der Waals surface area contributed by atoms with Gasteiger partial charge in [0.2, 0.25) is 0 Å². The SMILES string of the molecule is CCC(N(C)C)[N+](C)(C)C(C)OC(C)[N+](C)(C)C(CC)N(C)C. The molecule has 0 aromatic heterocycles. The van der Waals surface area contributed by atoms with Gasteiger partial charge in [-0.05, 0) is 28.2 Å². The zero-order chi connectivity index (χ0) is 18.6. The zero-order valence-corrected chi connectivity index (χ0v) is 17.9. The van der Waals surface area contributed by atoms with Gasteiger partial charge in [-0.2, -0.15) is 0 Å². The Labute approximate surface area is 146 Å². The minimum absolute atomic E-state index is 0.134. The van der Waals surface area contributed by atoms with Crippen LogP contribution in [0.15, 0.2) is 0 Å². The van der Waals surface area contributed by atoms with E-state index in [0.717, 1.165) is 21.8 Å². The van der Waals surface area contributed by atoms with E-state index in [2.05, 4.69) is 93.9 Å². The van der Waals surface area contributed by atoms with Crippen LogP contribution < -0.4 is 0 Å². The standard InChI is InChI=1S/C18H44N4O/c1-13-17(19(5)6)21(9,10)15(3)23-16(4)22(11,12)18(14-2)20(7)8/h15-18H,13-14H2,1-12H3/q+2. The van der Waals surface area contributed by atoms with Gasteiger partial charge in [-0.15, -0.1) is 0 Å². The van der Waals surface area contributed by atoms with Crippen molar-refractivity contribution in [1.29, 1.82) is 0 Å². The molecule has 0 fully saturated rings. The normalized spacial score (nSPS) is 19.0. The molecular weight excluding hydrogens is 288 g/mol.